The van der Waals surface area contributed by atoms with Crippen molar-refractivity contribution in [3.05, 3.63) is 65.5 Å². The molecular weight excluding hydrogens is 270 g/mol. The van der Waals surface area contributed by atoms with Gasteiger partial charge in [-0.1, -0.05) is 18.2 Å². The summed E-state index contributed by atoms with van der Waals surface area (Å²) in [5.74, 6) is 1.61. The Morgan fingerprint density at radius 2 is 2.15 bits per heavy atom. The smallest absolute Gasteiger partial charge is 0.337 e. The molecule has 0 saturated heterocycles. The first-order chi connectivity index (χ1) is 9.79. The average Bonchev–Trinajstić information content (AvgIpc) is 2.52. The molecule has 104 valence electrons. The Balaban J connectivity index is 1.81. The molecule has 0 amide bonds. The third-order valence-electron chi connectivity index (χ3n) is 2.85. The third kappa shape index (κ3) is 4.38. The summed E-state index contributed by atoms with van der Waals surface area (Å²) >= 11 is 1.84. The van der Waals surface area contributed by atoms with Crippen LogP contribution in [0.4, 0.5) is 0 Å². The first-order valence-electron chi connectivity index (χ1n) is 6.44. The fourth-order valence-electron chi connectivity index (χ4n) is 1.82. The highest BCUT2D eigenvalue weighted by molar-refractivity contribution is 7.98. The van der Waals surface area contributed by atoms with Crippen molar-refractivity contribution in [1.82, 2.24) is 4.98 Å². The molecule has 1 aromatic carbocycles. The van der Waals surface area contributed by atoms with Gasteiger partial charge >= 0.3 is 5.97 Å². The van der Waals surface area contributed by atoms with Crippen molar-refractivity contribution < 1.29 is 9.53 Å². The molecule has 0 spiro atoms. The summed E-state index contributed by atoms with van der Waals surface area (Å²) in [5, 5.41) is 0. The fraction of sp³-hybridized carbons (Fsp3) is 0.250. The number of hydrogen-bond donors (Lipinski definition) is 0. The van der Waals surface area contributed by atoms with E-state index in [1.54, 1.807) is 6.07 Å². The summed E-state index contributed by atoms with van der Waals surface area (Å²) in [5.41, 5.74) is 2.86. The molecule has 0 fully saturated rings. The van der Waals surface area contributed by atoms with E-state index in [0.29, 0.717) is 5.56 Å². The van der Waals surface area contributed by atoms with Gasteiger partial charge in [0.25, 0.3) is 0 Å². The van der Waals surface area contributed by atoms with E-state index < -0.39 is 0 Å². The molecular formula is C16H17NO2S. The molecule has 0 bridgehead atoms. The zero-order chi connectivity index (χ0) is 14.2. The monoisotopic (exact) mass is 287 g/mol. The lowest BCUT2D eigenvalue weighted by Gasteiger charge is -2.04. The summed E-state index contributed by atoms with van der Waals surface area (Å²) in [7, 11) is 1.40. The molecule has 0 N–H and O–H groups in total. The lowest BCUT2D eigenvalue weighted by molar-refractivity contribution is 0.0600. The van der Waals surface area contributed by atoms with E-state index >= 15 is 0 Å². The summed E-state index contributed by atoms with van der Waals surface area (Å²) < 4.78 is 4.72. The van der Waals surface area contributed by atoms with Crippen LogP contribution < -0.4 is 0 Å². The Hall–Kier alpha value is -1.81. The number of ether oxygens (including phenoxy) is 1. The molecule has 0 aliphatic rings. The standard InChI is InChI=1S/C16H17NO2S/c1-19-16(18)14-6-4-5-13(11-14)12-20-10-8-15-7-2-3-9-17-15/h2-7,9,11H,8,10,12H2,1H3. The van der Waals surface area contributed by atoms with Gasteiger partial charge in [-0.25, -0.2) is 4.79 Å². The van der Waals surface area contributed by atoms with Crippen LogP contribution in [-0.4, -0.2) is 23.8 Å². The number of thioether (sulfide) groups is 1. The third-order valence-corrected chi connectivity index (χ3v) is 3.88. The van der Waals surface area contributed by atoms with E-state index in [1.807, 2.05) is 54.4 Å². The molecule has 20 heavy (non-hydrogen) atoms. The van der Waals surface area contributed by atoms with Gasteiger partial charge in [-0.2, -0.15) is 11.8 Å². The van der Waals surface area contributed by atoms with Crippen LogP contribution in [0.25, 0.3) is 0 Å². The highest BCUT2D eigenvalue weighted by Gasteiger charge is 2.05. The van der Waals surface area contributed by atoms with Crippen LogP contribution in [0.15, 0.2) is 48.7 Å². The van der Waals surface area contributed by atoms with Crippen molar-refractivity contribution in [2.24, 2.45) is 0 Å². The Labute approximate surface area is 123 Å². The Morgan fingerprint density at radius 3 is 2.90 bits per heavy atom. The summed E-state index contributed by atoms with van der Waals surface area (Å²) in [6.45, 7) is 0. The van der Waals surface area contributed by atoms with Crippen molar-refractivity contribution in [1.29, 1.82) is 0 Å². The molecule has 0 aliphatic carbocycles. The van der Waals surface area contributed by atoms with Crippen molar-refractivity contribution in [3.8, 4) is 0 Å². The van der Waals surface area contributed by atoms with Crippen LogP contribution in [-0.2, 0) is 16.9 Å². The molecule has 1 aromatic heterocycles. The number of rotatable bonds is 6. The van der Waals surface area contributed by atoms with Crippen molar-refractivity contribution in [2.45, 2.75) is 12.2 Å². The Kier molecular flexibility index (Phi) is 5.62. The van der Waals surface area contributed by atoms with Gasteiger partial charge in [0.05, 0.1) is 12.7 Å². The second-order valence-corrected chi connectivity index (χ2v) is 5.42. The maximum absolute atomic E-state index is 11.4. The topological polar surface area (TPSA) is 39.2 Å². The highest BCUT2D eigenvalue weighted by Crippen LogP contribution is 2.15. The average molecular weight is 287 g/mol. The van der Waals surface area contributed by atoms with Crippen LogP contribution in [0.2, 0.25) is 0 Å². The summed E-state index contributed by atoms with van der Waals surface area (Å²) in [6.07, 6.45) is 2.78. The van der Waals surface area contributed by atoms with E-state index in [2.05, 4.69) is 4.98 Å². The second kappa shape index (κ2) is 7.70. The number of carbonyl (C=O) groups excluding carboxylic acids is 1. The first-order valence-corrected chi connectivity index (χ1v) is 7.60. The summed E-state index contributed by atoms with van der Waals surface area (Å²) in [4.78, 5) is 15.7. The van der Waals surface area contributed by atoms with E-state index in [0.717, 1.165) is 29.2 Å². The van der Waals surface area contributed by atoms with Crippen LogP contribution >= 0.6 is 11.8 Å². The van der Waals surface area contributed by atoms with Crippen molar-refractivity contribution in [2.75, 3.05) is 12.9 Å². The maximum atomic E-state index is 11.4. The van der Waals surface area contributed by atoms with Crippen LogP contribution in [0.3, 0.4) is 0 Å². The molecule has 0 saturated carbocycles. The Bertz CT molecular complexity index is 557. The van der Waals surface area contributed by atoms with Gasteiger partial charge in [0, 0.05) is 17.6 Å². The number of hydrogen-bond acceptors (Lipinski definition) is 4. The number of benzene rings is 1. The van der Waals surface area contributed by atoms with E-state index in [4.69, 9.17) is 4.74 Å². The summed E-state index contributed by atoms with van der Waals surface area (Å²) in [6, 6.07) is 13.6. The van der Waals surface area contributed by atoms with Gasteiger partial charge < -0.3 is 4.74 Å². The number of methoxy groups -OCH3 is 1. The fourth-order valence-corrected chi connectivity index (χ4v) is 2.73. The number of aryl methyl sites for hydroxylation is 1. The van der Waals surface area contributed by atoms with Gasteiger partial charge in [0.2, 0.25) is 0 Å². The number of esters is 1. The minimum absolute atomic E-state index is 0.287. The Morgan fingerprint density at radius 1 is 1.25 bits per heavy atom. The minimum Gasteiger partial charge on any atom is -0.465 e. The SMILES string of the molecule is COC(=O)c1cccc(CSCCc2ccccn2)c1. The molecule has 4 heteroatoms. The first kappa shape index (κ1) is 14.6. The van der Waals surface area contributed by atoms with E-state index in [1.165, 1.54) is 7.11 Å². The zero-order valence-electron chi connectivity index (χ0n) is 11.4. The molecule has 2 aromatic rings. The normalized spacial score (nSPS) is 10.2. The number of pyridine rings is 1. The maximum Gasteiger partial charge on any atom is 0.337 e. The lowest BCUT2D eigenvalue weighted by atomic mass is 10.1. The molecule has 1 heterocycles. The molecule has 0 atom stereocenters. The van der Waals surface area contributed by atoms with Gasteiger partial charge in [-0.3, -0.25) is 4.98 Å². The van der Waals surface area contributed by atoms with Gasteiger partial charge in [0.1, 0.15) is 0 Å². The van der Waals surface area contributed by atoms with E-state index in [9.17, 15) is 4.79 Å². The van der Waals surface area contributed by atoms with Gasteiger partial charge in [-0.15, -0.1) is 0 Å². The van der Waals surface area contributed by atoms with Crippen LogP contribution in [0.1, 0.15) is 21.6 Å². The van der Waals surface area contributed by atoms with Gasteiger partial charge in [-0.05, 0) is 42.0 Å². The van der Waals surface area contributed by atoms with Gasteiger partial charge in [0.15, 0.2) is 0 Å². The minimum atomic E-state index is -0.287. The number of nitrogens with zero attached hydrogens (tertiary/aromatic N) is 1. The molecule has 0 unspecified atom stereocenters. The van der Waals surface area contributed by atoms with Crippen molar-refractivity contribution in [3.63, 3.8) is 0 Å². The lowest BCUT2D eigenvalue weighted by Crippen LogP contribution is -2.01. The number of aromatic nitrogens is 1. The largest absolute Gasteiger partial charge is 0.465 e. The molecule has 0 aliphatic heterocycles. The number of carbonyl (C=O) groups is 1. The molecule has 0 radical (unpaired) electrons. The zero-order valence-corrected chi connectivity index (χ0v) is 12.2. The second-order valence-electron chi connectivity index (χ2n) is 4.32. The molecule has 3 nitrogen and oxygen atoms in total. The predicted molar refractivity (Wildman–Crippen MR) is 81.9 cm³/mol. The quantitative estimate of drug-likeness (QED) is 0.603. The van der Waals surface area contributed by atoms with E-state index in [-0.39, 0.29) is 5.97 Å². The molecule has 2 rings (SSSR count). The van der Waals surface area contributed by atoms with Crippen molar-refractivity contribution >= 4 is 17.7 Å². The van der Waals surface area contributed by atoms with Crippen LogP contribution in [0, 0.1) is 0 Å². The predicted octanol–water partition coefficient (Wildman–Crippen LogP) is 3.34. The highest BCUT2D eigenvalue weighted by atomic mass is 32.2. The van der Waals surface area contributed by atoms with Crippen LogP contribution in [0.5, 0.6) is 0 Å².